The summed E-state index contributed by atoms with van der Waals surface area (Å²) >= 11 is 4.04. The Kier molecular flexibility index (Phi) is 4.01. The van der Waals surface area contributed by atoms with Crippen molar-refractivity contribution in [1.82, 2.24) is 0 Å². The molecule has 0 bridgehead atoms. The molecule has 0 saturated carbocycles. The maximum absolute atomic E-state index is 11.5. The number of aryl methyl sites for hydroxylation is 1. The number of anilines is 1. The Hall–Kier alpha value is -0.960. The van der Waals surface area contributed by atoms with Crippen molar-refractivity contribution in [3.63, 3.8) is 0 Å². The van der Waals surface area contributed by atoms with Gasteiger partial charge in [-0.05, 0) is 30.4 Å². The molecule has 0 heterocycles. The van der Waals surface area contributed by atoms with Crippen LogP contribution in [-0.4, -0.2) is 18.7 Å². The normalized spacial score (nSPS) is 9.93. The van der Waals surface area contributed by atoms with Crippen molar-refractivity contribution in [1.29, 1.82) is 0 Å². The monoisotopic (exact) mass is 209 g/mol. The van der Waals surface area contributed by atoms with Gasteiger partial charge in [-0.15, -0.1) is 0 Å². The van der Waals surface area contributed by atoms with Crippen LogP contribution in [-0.2, 0) is 4.79 Å². The molecule has 0 saturated heterocycles. The van der Waals surface area contributed by atoms with Crippen LogP contribution in [0.3, 0.4) is 0 Å². The highest BCUT2D eigenvalue weighted by Gasteiger charge is 2.08. The van der Waals surface area contributed by atoms with Gasteiger partial charge in [-0.25, -0.2) is 0 Å². The molecule has 0 radical (unpaired) electrons. The summed E-state index contributed by atoms with van der Waals surface area (Å²) in [6.45, 7) is 2.01. The molecule has 0 unspecified atom stereocenters. The quantitative estimate of drug-likeness (QED) is 0.757. The summed E-state index contributed by atoms with van der Waals surface area (Å²) in [6, 6.07) is 7.90. The lowest BCUT2D eigenvalue weighted by Gasteiger charge is -2.17. The lowest BCUT2D eigenvalue weighted by molar-refractivity contribution is -0.117. The molecule has 0 aliphatic rings. The lowest BCUT2D eigenvalue weighted by atomic mass is 10.2. The van der Waals surface area contributed by atoms with Gasteiger partial charge >= 0.3 is 0 Å². The smallest absolute Gasteiger partial charge is 0.227 e. The van der Waals surface area contributed by atoms with E-state index in [9.17, 15) is 4.79 Å². The minimum Gasteiger partial charge on any atom is -0.315 e. The first-order chi connectivity index (χ1) is 6.65. The Morgan fingerprint density at radius 3 is 2.79 bits per heavy atom. The van der Waals surface area contributed by atoms with Gasteiger partial charge in [0.15, 0.2) is 0 Å². The second-order valence-corrected chi connectivity index (χ2v) is 3.71. The minimum atomic E-state index is 0.102. The molecule has 0 atom stereocenters. The fraction of sp³-hybridized carbons (Fsp3) is 0.364. The van der Waals surface area contributed by atoms with Crippen LogP contribution in [0.2, 0.25) is 0 Å². The van der Waals surface area contributed by atoms with Crippen molar-refractivity contribution >= 4 is 24.2 Å². The Labute approximate surface area is 90.3 Å². The molecular formula is C11H15NOS. The number of amides is 1. The first kappa shape index (κ1) is 11.1. The van der Waals surface area contributed by atoms with Crippen molar-refractivity contribution in [3.05, 3.63) is 29.8 Å². The van der Waals surface area contributed by atoms with Crippen molar-refractivity contribution in [2.24, 2.45) is 0 Å². The standard InChI is InChI=1S/C11H15NOS/c1-9-4-3-5-10(8-9)12(2)11(13)6-7-14/h3-5,8,14H,6-7H2,1-2H3. The summed E-state index contributed by atoms with van der Waals surface area (Å²) in [5.41, 5.74) is 2.10. The van der Waals surface area contributed by atoms with Gasteiger partial charge in [-0.1, -0.05) is 12.1 Å². The van der Waals surface area contributed by atoms with Crippen molar-refractivity contribution in [2.45, 2.75) is 13.3 Å². The molecule has 14 heavy (non-hydrogen) atoms. The summed E-state index contributed by atoms with van der Waals surface area (Å²) in [7, 11) is 1.79. The maximum Gasteiger partial charge on any atom is 0.227 e. The van der Waals surface area contributed by atoms with E-state index in [1.807, 2.05) is 31.2 Å². The molecule has 0 aliphatic heterocycles. The van der Waals surface area contributed by atoms with E-state index >= 15 is 0 Å². The van der Waals surface area contributed by atoms with Gasteiger partial charge in [0, 0.05) is 19.2 Å². The lowest BCUT2D eigenvalue weighted by Crippen LogP contribution is -2.26. The highest BCUT2D eigenvalue weighted by atomic mass is 32.1. The van der Waals surface area contributed by atoms with E-state index in [0.29, 0.717) is 12.2 Å². The molecule has 76 valence electrons. The molecule has 0 aliphatic carbocycles. The molecule has 1 rings (SSSR count). The van der Waals surface area contributed by atoms with Gasteiger partial charge in [-0.3, -0.25) is 4.79 Å². The molecule has 0 N–H and O–H groups in total. The van der Waals surface area contributed by atoms with Crippen LogP contribution in [0.1, 0.15) is 12.0 Å². The van der Waals surface area contributed by atoms with Crippen LogP contribution in [0.4, 0.5) is 5.69 Å². The first-order valence-corrected chi connectivity index (χ1v) is 5.22. The number of benzene rings is 1. The summed E-state index contributed by atoms with van der Waals surface area (Å²) in [5.74, 6) is 0.695. The number of carbonyl (C=O) groups is 1. The Bertz CT molecular complexity index is 325. The zero-order valence-corrected chi connectivity index (χ0v) is 9.42. The average Bonchev–Trinajstić information content (AvgIpc) is 2.17. The van der Waals surface area contributed by atoms with E-state index in [0.717, 1.165) is 11.3 Å². The van der Waals surface area contributed by atoms with Gasteiger partial charge in [0.05, 0.1) is 0 Å². The summed E-state index contributed by atoms with van der Waals surface area (Å²) in [5, 5.41) is 0. The zero-order valence-electron chi connectivity index (χ0n) is 8.53. The van der Waals surface area contributed by atoms with Crippen LogP contribution < -0.4 is 4.90 Å². The van der Waals surface area contributed by atoms with E-state index in [2.05, 4.69) is 12.6 Å². The third kappa shape index (κ3) is 2.77. The zero-order chi connectivity index (χ0) is 10.6. The molecule has 1 aromatic carbocycles. The fourth-order valence-electron chi connectivity index (χ4n) is 1.24. The molecule has 0 spiro atoms. The Morgan fingerprint density at radius 1 is 1.50 bits per heavy atom. The van der Waals surface area contributed by atoms with E-state index in [4.69, 9.17) is 0 Å². The molecule has 0 fully saturated rings. The van der Waals surface area contributed by atoms with Crippen LogP contribution in [0.5, 0.6) is 0 Å². The van der Waals surface area contributed by atoms with Gasteiger partial charge < -0.3 is 4.90 Å². The SMILES string of the molecule is Cc1cccc(N(C)C(=O)CCS)c1. The van der Waals surface area contributed by atoms with Crippen molar-refractivity contribution in [2.75, 3.05) is 17.7 Å². The molecule has 0 aromatic heterocycles. The highest BCUT2D eigenvalue weighted by Crippen LogP contribution is 2.14. The van der Waals surface area contributed by atoms with E-state index in [1.54, 1.807) is 11.9 Å². The van der Waals surface area contributed by atoms with E-state index < -0.39 is 0 Å². The van der Waals surface area contributed by atoms with Crippen molar-refractivity contribution in [3.8, 4) is 0 Å². The van der Waals surface area contributed by atoms with E-state index in [-0.39, 0.29) is 5.91 Å². The molecule has 1 aromatic rings. The Morgan fingerprint density at radius 2 is 2.21 bits per heavy atom. The third-order valence-corrected chi connectivity index (χ3v) is 2.31. The van der Waals surface area contributed by atoms with Gasteiger partial charge in [-0.2, -0.15) is 12.6 Å². The summed E-state index contributed by atoms with van der Waals surface area (Å²) in [4.78, 5) is 13.2. The fourth-order valence-corrected chi connectivity index (χ4v) is 1.44. The van der Waals surface area contributed by atoms with Gasteiger partial charge in [0.1, 0.15) is 0 Å². The number of carbonyl (C=O) groups excluding carboxylic acids is 1. The third-order valence-electron chi connectivity index (χ3n) is 2.09. The summed E-state index contributed by atoms with van der Waals surface area (Å²) in [6.07, 6.45) is 0.480. The minimum absolute atomic E-state index is 0.102. The number of hydrogen-bond acceptors (Lipinski definition) is 2. The molecular weight excluding hydrogens is 194 g/mol. The summed E-state index contributed by atoms with van der Waals surface area (Å²) < 4.78 is 0. The van der Waals surface area contributed by atoms with Crippen LogP contribution in [0.25, 0.3) is 0 Å². The predicted octanol–water partition coefficient (Wildman–Crippen LogP) is 2.28. The highest BCUT2D eigenvalue weighted by molar-refractivity contribution is 7.80. The van der Waals surface area contributed by atoms with Crippen LogP contribution in [0, 0.1) is 6.92 Å². The first-order valence-electron chi connectivity index (χ1n) is 4.59. The van der Waals surface area contributed by atoms with Crippen molar-refractivity contribution < 1.29 is 4.79 Å². The topological polar surface area (TPSA) is 20.3 Å². The van der Waals surface area contributed by atoms with Gasteiger partial charge in [0.2, 0.25) is 5.91 Å². The number of hydrogen-bond donors (Lipinski definition) is 1. The van der Waals surface area contributed by atoms with E-state index in [1.165, 1.54) is 0 Å². The second kappa shape index (κ2) is 5.05. The maximum atomic E-state index is 11.5. The average molecular weight is 209 g/mol. The molecule has 1 amide bonds. The van der Waals surface area contributed by atoms with Crippen LogP contribution >= 0.6 is 12.6 Å². The number of thiol groups is 1. The largest absolute Gasteiger partial charge is 0.315 e. The molecule has 3 heteroatoms. The number of rotatable bonds is 3. The van der Waals surface area contributed by atoms with Gasteiger partial charge in [0.25, 0.3) is 0 Å². The predicted molar refractivity (Wildman–Crippen MR) is 63.1 cm³/mol. The Balaban J connectivity index is 2.78. The second-order valence-electron chi connectivity index (χ2n) is 3.27. The van der Waals surface area contributed by atoms with Crippen LogP contribution in [0.15, 0.2) is 24.3 Å². The molecule has 2 nitrogen and oxygen atoms in total. The number of nitrogens with zero attached hydrogens (tertiary/aromatic N) is 1.